The van der Waals surface area contributed by atoms with Crippen LogP contribution in [0.15, 0.2) is 42.6 Å². The molecule has 1 saturated carbocycles. The third-order valence-electron chi connectivity index (χ3n) is 3.71. The van der Waals surface area contributed by atoms with Crippen molar-refractivity contribution in [1.29, 1.82) is 0 Å². The van der Waals surface area contributed by atoms with Crippen LogP contribution in [0.3, 0.4) is 0 Å². The zero-order valence-corrected chi connectivity index (χ0v) is 12.3. The molecule has 4 nitrogen and oxygen atoms in total. The number of halogens is 1. The fraction of sp³-hybridized carbons (Fsp3) is 0.312. The molecule has 1 unspecified atom stereocenters. The lowest BCUT2D eigenvalue weighted by Crippen LogP contribution is -2.32. The predicted octanol–water partition coefficient (Wildman–Crippen LogP) is 2.94. The first-order valence-corrected chi connectivity index (χ1v) is 7.41. The van der Waals surface area contributed by atoms with Gasteiger partial charge in [0.25, 0.3) is 5.91 Å². The Bertz CT molecular complexity index is 632. The van der Waals surface area contributed by atoms with E-state index in [9.17, 15) is 9.90 Å². The van der Waals surface area contributed by atoms with E-state index in [-0.39, 0.29) is 12.5 Å². The van der Waals surface area contributed by atoms with Crippen LogP contribution in [0.1, 0.15) is 41.0 Å². The van der Waals surface area contributed by atoms with Gasteiger partial charge in [-0.3, -0.25) is 4.79 Å². The van der Waals surface area contributed by atoms with Crippen molar-refractivity contribution in [1.82, 2.24) is 9.88 Å². The molecule has 1 aliphatic rings. The van der Waals surface area contributed by atoms with E-state index in [0.29, 0.717) is 16.8 Å². The number of aliphatic hydroxyl groups excluding tert-OH is 1. The van der Waals surface area contributed by atoms with Gasteiger partial charge in [-0.05, 0) is 42.7 Å². The number of benzene rings is 1. The fourth-order valence-electron chi connectivity index (χ4n) is 2.42. The number of aliphatic hydroxyl groups is 1. The van der Waals surface area contributed by atoms with Crippen molar-refractivity contribution in [2.24, 2.45) is 0 Å². The maximum atomic E-state index is 12.4. The van der Waals surface area contributed by atoms with E-state index < -0.39 is 6.04 Å². The molecule has 1 aromatic carbocycles. The third kappa shape index (κ3) is 3.12. The Hall–Kier alpha value is -1.78. The zero-order chi connectivity index (χ0) is 14.8. The average Bonchev–Trinajstić information content (AvgIpc) is 3.22. The minimum Gasteiger partial charge on any atom is -0.394 e. The number of hydrogen-bond donors (Lipinski definition) is 2. The molecule has 1 amide bonds. The standard InChI is InChI=1S/C16H17ClN2O2/c17-12-5-3-11(4-6-12)14(10-20)18-16(21)15-2-1-9-19(15)13-7-8-13/h1-6,9,13-14,20H,7-8,10H2,(H,18,21). The van der Waals surface area contributed by atoms with Gasteiger partial charge in [0.05, 0.1) is 12.6 Å². The second-order valence-corrected chi connectivity index (χ2v) is 5.73. The summed E-state index contributed by atoms with van der Waals surface area (Å²) in [5, 5.41) is 13.0. The molecule has 1 fully saturated rings. The largest absolute Gasteiger partial charge is 0.394 e. The molecule has 21 heavy (non-hydrogen) atoms. The Kier molecular flexibility index (Phi) is 3.99. The summed E-state index contributed by atoms with van der Waals surface area (Å²) in [5.41, 5.74) is 1.48. The van der Waals surface area contributed by atoms with E-state index >= 15 is 0 Å². The number of amides is 1. The summed E-state index contributed by atoms with van der Waals surface area (Å²) >= 11 is 5.86. The summed E-state index contributed by atoms with van der Waals surface area (Å²) < 4.78 is 2.01. The first kappa shape index (κ1) is 14.2. The lowest BCUT2D eigenvalue weighted by Gasteiger charge is -2.17. The van der Waals surface area contributed by atoms with Crippen LogP contribution in [0.25, 0.3) is 0 Å². The molecule has 3 rings (SSSR count). The summed E-state index contributed by atoms with van der Waals surface area (Å²) in [4.78, 5) is 12.4. The number of hydrogen-bond acceptors (Lipinski definition) is 2. The smallest absolute Gasteiger partial charge is 0.268 e. The van der Waals surface area contributed by atoms with E-state index in [1.165, 1.54) is 0 Å². The second kappa shape index (κ2) is 5.92. The average molecular weight is 305 g/mol. The maximum absolute atomic E-state index is 12.4. The van der Waals surface area contributed by atoms with Crippen molar-refractivity contribution in [2.45, 2.75) is 24.9 Å². The number of rotatable bonds is 5. The summed E-state index contributed by atoms with van der Waals surface area (Å²) in [6, 6.07) is 10.8. The third-order valence-corrected chi connectivity index (χ3v) is 3.96. The van der Waals surface area contributed by atoms with Gasteiger partial charge in [0.15, 0.2) is 0 Å². The van der Waals surface area contributed by atoms with Gasteiger partial charge in [0.2, 0.25) is 0 Å². The molecular formula is C16H17ClN2O2. The monoisotopic (exact) mass is 304 g/mol. The van der Waals surface area contributed by atoms with Gasteiger partial charge in [0, 0.05) is 17.3 Å². The second-order valence-electron chi connectivity index (χ2n) is 5.29. The fourth-order valence-corrected chi connectivity index (χ4v) is 2.54. The van der Waals surface area contributed by atoms with Crippen molar-refractivity contribution < 1.29 is 9.90 Å². The molecule has 0 saturated heterocycles. The Labute approximate surface area is 128 Å². The van der Waals surface area contributed by atoms with Crippen LogP contribution in [-0.2, 0) is 0 Å². The van der Waals surface area contributed by atoms with Crippen molar-refractivity contribution in [3.05, 3.63) is 58.9 Å². The number of carbonyl (C=O) groups excluding carboxylic acids is 1. The lowest BCUT2D eigenvalue weighted by atomic mass is 10.1. The number of carbonyl (C=O) groups is 1. The molecule has 1 heterocycles. The normalized spacial score (nSPS) is 15.7. The lowest BCUT2D eigenvalue weighted by molar-refractivity contribution is 0.0906. The Morgan fingerprint density at radius 1 is 1.33 bits per heavy atom. The Balaban J connectivity index is 1.75. The van der Waals surface area contributed by atoms with E-state index in [1.807, 2.05) is 35.0 Å². The highest BCUT2D eigenvalue weighted by atomic mass is 35.5. The molecule has 2 N–H and O–H groups in total. The van der Waals surface area contributed by atoms with Gasteiger partial charge in [-0.1, -0.05) is 23.7 Å². The highest BCUT2D eigenvalue weighted by molar-refractivity contribution is 6.30. The van der Waals surface area contributed by atoms with E-state index in [4.69, 9.17) is 11.6 Å². The summed E-state index contributed by atoms with van der Waals surface area (Å²) in [6.45, 7) is -0.155. The molecule has 0 spiro atoms. The number of aromatic nitrogens is 1. The Morgan fingerprint density at radius 3 is 2.67 bits per heavy atom. The molecule has 0 radical (unpaired) electrons. The minimum absolute atomic E-state index is 0.155. The van der Waals surface area contributed by atoms with Gasteiger partial charge in [-0.15, -0.1) is 0 Å². The van der Waals surface area contributed by atoms with E-state index in [2.05, 4.69) is 5.32 Å². The molecule has 110 valence electrons. The van der Waals surface area contributed by atoms with Crippen LogP contribution in [0, 0.1) is 0 Å². The molecule has 0 bridgehead atoms. The summed E-state index contributed by atoms with van der Waals surface area (Å²) in [7, 11) is 0. The molecule has 2 aromatic rings. The highest BCUT2D eigenvalue weighted by Gasteiger charge is 2.27. The van der Waals surface area contributed by atoms with Crippen molar-refractivity contribution in [3.8, 4) is 0 Å². The first-order valence-electron chi connectivity index (χ1n) is 7.03. The van der Waals surface area contributed by atoms with Crippen LogP contribution in [0.5, 0.6) is 0 Å². The topological polar surface area (TPSA) is 54.3 Å². The first-order chi connectivity index (χ1) is 10.2. The van der Waals surface area contributed by atoms with Crippen molar-refractivity contribution in [3.63, 3.8) is 0 Å². The minimum atomic E-state index is -0.433. The maximum Gasteiger partial charge on any atom is 0.268 e. The molecule has 1 atom stereocenters. The SMILES string of the molecule is O=C(NC(CO)c1ccc(Cl)cc1)c1cccn1C1CC1. The van der Waals surface area contributed by atoms with Gasteiger partial charge < -0.3 is 15.0 Å². The summed E-state index contributed by atoms with van der Waals surface area (Å²) in [6.07, 6.45) is 4.17. The molecule has 0 aliphatic heterocycles. The van der Waals surface area contributed by atoms with Gasteiger partial charge in [-0.2, -0.15) is 0 Å². The molecule has 5 heteroatoms. The van der Waals surface area contributed by atoms with Crippen LogP contribution < -0.4 is 5.32 Å². The molecule has 1 aromatic heterocycles. The van der Waals surface area contributed by atoms with Gasteiger partial charge in [0.1, 0.15) is 5.69 Å². The Morgan fingerprint density at radius 2 is 2.05 bits per heavy atom. The highest BCUT2D eigenvalue weighted by Crippen LogP contribution is 2.36. The quantitative estimate of drug-likeness (QED) is 0.892. The predicted molar refractivity (Wildman–Crippen MR) is 81.4 cm³/mol. The number of nitrogens with one attached hydrogen (secondary N) is 1. The number of nitrogens with zero attached hydrogens (tertiary/aromatic N) is 1. The van der Waals surface area contributed by atoms with E-state index in [0.717, 1.165) is 18.4 Å². The molecule has 1 aliphatic carbocycles. The zero-order valence-electron chi connectivity index (χ0n) is 11.5. The van der Waals surface area contributed by atoms with Gasteiger partial charge in [-0.25, -0.2) is 0 Å². The van der Waals surface area contributed by atoms with E-state index in [1.54, 1.807) is 12.1 Å². The van der Waals surface area contributed by atoms with Crippen molar-refractivity contribution in [2.75, 3.05) is 6.61 Å². The van der Waals surface area contributed by atoms with Crippen LogP contribution in [-0.4, -0.2) is 22.2 Å². The van der Waals surface area contributed by atoms with Crippen molar-refractivity contribution >= 4 is 17.5 Å². The molecular weight excluding hydrogens is 288 g/mol. The van der Waals surface area contributed by atoms with Gasteiger partial charge >= 0.3 is 0 Å². The van der Waals surface area contributed by atoms with Crippen LogP contribution in [0.4, 0.5) is 0 Å². The van der Waals surface area contributed by atoms with Crippen LogP contribution >= 0.6 is 11.6 Å². The van der Waals surface area contributed by atoms with Crippen LogP contribution in [0.2, 0.25) is 5.02 Å². The summed E-state index contributed by atoms with van der Waals surface area (Å²) in [5.74, 6) is -0.166.